The minimum absolute atomic E-state index is 0.0135. The van der Waals surface area contributed by atoms with Crippen molar-refractivity contribution in [3.63, 3.8) is 0 Å². The number of aryl methyl sites for hydroxylation is 1. The van der Waals surface area contributed by atoms with Crippen LogP contribution in [0.2, 0.25) is 0 Å². The lowest BCUT2D eigenvalue weighted by Gasteiger charge is -2.43. The van der Waals surface area contributed by atoms with E-state index in [4.69, 9.17) is 4.42 Å². The maximum absolute atomic E-state index is 7.31. The summed E-state index contributed by atoms with van der Waals surface area (Å²) >= 11 is 0. The van der Waals surface area contributed by atoms with Gasteiger partial charge in [0.2, 0.25) is 0 Å². The Morgan fingerprint density at radius 2 is 1.28 bits per heavy atom. The molecule has 1 aromatic heterocycles. The van der Waals surface area contributed by atoms with Crippen LogP contribution in [0, 0.1) is 6.92 Å². The molecular formula is C43H54BNO. The quantitative estimate of drug-likeness (QED) is 0.185. The van der Waals surface area contributed by atoms with Gasteiger partial charge >= 0.3 is 0 Å². The van der Waals surface area contributed by atoms with Gasteiger partial charge in [0, 0.05) is 16.8 Å². The fourth-order valence-electron chi connectivity index (χ4n) is 8.73. The molecule has 240 valence electrons. The van der Waals surface area contributed by atoms with Gasteiger partial charge in [-0.3, -0.25) is 4.90 Å². The molecule has 0 spiro atoms. The molecule has 3 aliphatic rings. The maximum Gasteiger partial charge on any atom is 0.251 e. The number of hydrogen-bond acceptors (Lipinski definition) is 2. The van der Waals surface area contributed by atoms with Crippen LogP contribution in [0.1, 0.15) is 135 Å². The minimum Gasteiger partial charge on any atom is -0.444 e. The fraction of sp³-hybridized carbons (Fsp3) is 0.488. The van der Waals surface area contributed by atoms with Crippen molar-refractivity contribution in [3.8, 4) is 0 Å². The van der Waals surface area contributed by atoms with Crippen molar-refractivity contribution >= 4 is 40.4 Å². The van der Waals surface area contributed by atoms with Crippen molar-refractivity contribution < 1.29 is 4.42 Å². The first-order chi connectivity index (χ1) is 21.3. The van der Waals surface area contributed by atoms with E-state index in [1.807, 2.05) is 0 Å². The highest BCUT2D eigenvalue weighted by atomic mass is 16.4. The number of benzene rings is 3. The third-order valence-electron chi connectivity index (χ3n) is 12.0. The monoisotopic (exact) mass is 611 g/mol. The van der Waals surface area contributed by atoms with Crippen LogP contribution in [0.3, 0.4) is 0 Å². The fourth-order valence-corrected chi connectivity index (χ4v) is 8.73. The lowest BCUT2D eigenvalue weighted by atomic mass is 9.33. The molecule has 7 rings (SSSR count). The summed E-state index contributed by atoms with van der Waals surface area (Å²) in [5.41, 5.74) is 14.0. The second kappa shape index (κ2) is 9.91. The van der Waals surface area contributed by atoms with Crippen LogP contribution in [-0.4, -0.2) is 6.71 Å². The Morgan fingerprint density at radius 3 is 1.93 bits per heavy atom. The van der Waals surface area contributed by atoms with E-state index in [0.717, 1.165) is 24.4 Å². The molecule has 0 radical (unpaired) electrons. The summed E-state index contributed by atoms with van der Waals surface area (Å²) in [5.74, 6) is 2.19. The Bertz CT molecular complexity index is 1840. The second-order valence-corrected chi connectivity index (χ2v) is 18.5. The van der Waals surface area contributed by atoms with Crippen molar-refractivity contribution in [2.45, 2.75) is 136 Å². The Labute approximate surface area is 279 Å². The van der Waals surface area contributed by atoms with Gasteiger partial charge in [0.1, 0.15) is 5.76 Å². The molecule has 0 bridgehead atoms. The molecule has 3 heteroatoms. The summed E-state index contributed by atoms with van der Waals surface area (Å²) in [7, 11) is 0. The molecule has 3 aromatic carbocycles. The van der Waals surface area contributed by atoms with E-state index in [-0.39, 0.29) is 33.8 Å². The predicted molar refractivity (Wildman–Crippen MR) is 198 cm³/mol. The van der Waals surface area contributed by atoms with Crippen LogP contribution in [0.15, 0.2) is 65.1 Å². The molecule has 1 aliphatic heterocycles. The number of nitrogens with zero attached hydrogens (tertiary/aromatic N) is 1. The van der Waals surface area contributed by atoms with Crippen molar-refractivity contribution in [1.82, 2.24) is 0 Å². The molecule has 0 fully saturated rings. The van der Waals surface area contributed by atoms with E-state index in [9.17, 15) is 0 Å². The zero-order valence-electron chi connectivity index (χ0n) is 30.5. The van der Waals surface area contributed by atoms with Gasteiger partial charge in [0.05, 0.1) is 0 Å². The standard InChI is InChI=1S/C43H54BNO/c1-27-13-20-33-34(25-27)45(30-17-14-28(15-18-30)39(2,3)4)38-36(35-37(46-38)43(11,12)24-23-42(35,9)10)44(33)29-16-19-31-32(26-29)41(7,8)22-21-40(31,5)6/h13-20,25-26H,21-24H2,1-12H3. The first kappa shape index (κ1) is 31.4. The van der Waals surface area contributed by atoms with Crippen LogP contribution < -0.4 is 21.3 Å². The Morgan fingerprint density at radius 1 is 0.674 bits per heavy atom. The van der Waals surface area contributed by atoms with Crippen LogP contribution in [0.4, 0.5) is 17.3 Å². The van der Waals surface area contributed by atoms with Crippen molar-refractivity contribution in [2.75, 3.05) is 4.90 Å². The van der Waals surface area contributed by atoms with E-state index in [2.05, 4.69) is 149 Å². The Hall–Kier alpha value is -3.20. The normalized spacial score (nSPS) is 20.4. The van der Waals surface area contributed by atoms with Gasteiger partial charge in [-0.15, -0.1) is 0 Å². The second-order valence-electron chi connectivity index (χ2n) is 18.5. The molecule has 2 aliphatic carbocycles. The summed E-state index contributed by atoms with van der Waals surface area (Å²) in [6.45, 7) is 28.6. The molecule has 0 N–H and O–H groups in total. The highest BCUT2D eigenvalue weighted by Crippen LogP contribution is 2.51. The first-order valence-electron chi connectivity index (χ1n) is 17.7. The van der Waals surface area contributed by atoms with Gasteiger partial charge in [-0.2, -0.15) is 0 Å². The van der Waals surface area contributed by atoms with Crippen LogP contribution >= 0.6 is 0 Å². The summed E-state index contributed by atoms with van der Waals surface area (Å²) in [6.07, 6.45) is 4.71. The SMILES string of the molecule is Cc1ccc2c(c1)N(c1ccc(C(C)(C)C)cc1)c1oc3c(c1B2c1ccc2c(c1)C(C)(C)CCC2(C)C)C(C)(C)CCC3(C)C. The zero-order chi connectivity index (χ0) is 33.2. The smallest absolute Gasteiger partial charge is 0.251 e. The topological polar surface area (TPSA) is 16.4 Å². The third kappa shape index (κ3) is 4.74. The zero-order valence-corrected chi connectivity index (χ0v) is 30.5. The van der Waals surface area contributed by atoms with E-state index in [1.165, 1.54) is 68.5 Å². The molecule has 2 nitrogen and oxygen atoms in total. The van der Waals surface area contributed by atoms with Gasteiger partial charge in [-0.05, 0) is 111 Å². The maximum atomic E-state index is 7.31. The summed E-state index contributed by atoms with van der Waals surface area (Å²) in [5, 5.41) is 0. The average molecular weight is 612 g/mol. The molecule has 0 atom stereocenters. The lowest BCUT2D eigenvalue weighted by molar-refractivity contribution is 0.280. The summed E-state index contributed by atoms with van der Waals surface area (Å²) < 4.78 is 7.31. The number of rotatable bonds is 2. The molecule has 4 aromatic rings. The number of fused-ring (bicyclic) bond motifs is 5. The molecule has 0 amide bonds. The third-order valence-corrected chi connectivity index (χ3v) is 12.0. The molecule has 46 heavy (non-hydrogen) atoms. The van der Waals surface area contributed by atoms with Gasteiger partial charge < -0.3 is 4.42 Å². The molecule has 0 saturated heterocycles. The van der Waals surface area contributed by atoms with E-state index >= 15 is 0 Å². The average Bonchev–Trinajstić information content (AvgIpc) is 3.39. The van der Waals surface area contributed by atoms with Gasteiger partial charge in [0.15, 0.2) is 5.88 Å². The van der Waals surface area contributed by atoms with E-state index < -0.39 is 0 Å². The van der Waals surface area contributed by atoms with E-state index in [1.54, 1.807) is 0 Å². The predicted octanol–water partition coefficient (Wildman–Crippen LogP) is 9.88. The van der Waals surface area contributed by atoms with Gasteiger partial charge in [0.25, 0.3) is 6.71 Å². The molecule has 2 heterocycles. The first-order valence-corrected chi connectivity index (χ1v) is 17.7. The van der Waals surface area contributed by atoms with Crippen molar-refractivity contribution in [3.05, 3.63) is 94.2 Å². The van der Waals surface area contributed by atoms with Crippen molar-refractivity contribution in [2.24, 2.45) is 0 Å². The van der Waals surface area contributed by atoms with Gasteiger partial charge in [-0.1, -0.05) is 124 Å². The minimum atomic E-state index is -0.0293. The van der Waals surface area contributed by atoms with Crippen molar-refractivity contribution in [1.29, 1.82) is 0 Å². The highest BCUT2D eigenvalue weighted by molar-refractivity contribution is 6.98. The number of anilines is 3. The lowest BCUT2D eigenvalue weighted by Crippen LogP contribution is -2.59. The number of furan rings is 1. The number of hydrogen-bond donors (Lipinski definition) is 0. The summed E-state index contributed by atoms with van der Waals surface area (Å²) in [4.78, 5) is 2.44. The van der Waals surface area contributed by atoms with Crippen LogP contribution in [-0.2, 0) is 27.1 Å². The van der Waals surface area contributed by atoms with Gasteiger partial charge in [-0.25, -0.2) is 0 Å². The Balaban J connectivity index is 1.54. The Kier molecular flexibility index (Phi) is 6.77. The summed E-state index contributed by atoms with van der Waals surface area (Å²) in [6, 6.07) is 23.8. The molecular weight excluding hydrogens is 557 g/mol. The highest BCUT2D eigenvalue weighted by Gasteiger charge is 2.50. The molecule has 0 saturated carbocycles. The van der Waals surface area contributed by atoms with E-state index in [0.29, 0.717) is 0 Å². The molecule has 0 unspecified atom stereocenters. The van der Waals surface area contributed by atoms with Crippen LogP contribution in [0.25, 0.3) is 0 Å². The van der Waals surface area contributed by atoms with Crippen LogP contribution in [0.5, 0.6) is 0 Å². The largest absolute Gasteiger partial charge is 0.444 e.